The zero-order valence-corrected chi connectivity index (χ0v) is 12.3. The maximum absolute atomic E-state index is 12.3. The van der Waals surface area contributed by atoms with E-state index in [-0.39, 0.29) is 37.4 Å². The number of ketones is 1. The molecule has 0 saturated carbocycles. The van der Waals surface area contributed by atoms with Crippen LogP contribution in [-0.4, -0.2) is 62.0 Å². The van der Waals surface area contributed by atoms with E-state index in [1.165, 1.54) is 0 Å². The molecule has 1 amide bonds. The number of carboxylic acid groups (broad SMARTS) is 2. The Bertz CT molecular complexity index is 679. The Labute approximate surface area is 130 Å². The van der Waals surface area contributed by atoms with Crippen molar-refractivity contribution >= 4 is 23.9 Å². The number of ether oxygens (including phenoxy) is 1. The van der Waals surface area contributed by atoms with Gasteiger partial charge in [-0.3, -0.25) is 9.59 Å². The van der Waals surface area contributed by atoms with Crippen LogP contribution in [0.5, 0.6) is 0 Å². The molecular weight excluding hydrogens is 310 g/mol. The van der Waals surface area contributed by atoms with Gasteiger partial charge >= 0.3 is 18.2 Å². The van der Waals surface area contributed by atoms with Gasteiger partial charge in [0.25, 0.3) is 0 Å². The predicted molar refractivity (Wildman–Crippen MR) is 73.4 cm³/mol. The topological polar surface area (TPSA) is 139 Å². The van der Waals surface area contributed by atoms with Crippen LogP contribution >= 0.6 is 0 Å². The van der Waals surface area contributed by atoms with Crippen molar-refractivity contribution < 1.29 is 34.1 Å². The summed E-state index contributed by atoms with van der Waals surface area (Å²) in [6, 6.07) is 0. The molecule has 0 radical (unpaired) electrons. The Balaban J connectivity index is 2.39. The molecule has 0 aliphatic carbocycles. The van der Waals surface area contributed by atoms with Gasteiger partial charge in [0.1, 0.15) is 12.1 Å². The molecule has 1 aliphatic rings. The van der Waals surface area contributed by atoms with Gasteiger partial charge in [0, 0.05) is 18.5 Å². The second-order valence-corrected chi connectivity index (χ2v) is 4.83. The van der Waals surface area contributed by atoms with Crippen molar-refractivity contribution in [3.05, 3.63) is 17.0 Å². The van der Waals surface area contributed by atoms with E-state index in [1.807, 2.05) is 0 Å². The van der Waals surface area contributed by atoms with Crippen LogP contribution in [0.1, 0.15) is 35.1 Å². The molecule has 1 aliphatic heterocycles. The zero-order valence-electron chi connectivity index (χ0n) is 12.3. The largest absolute Gasteiger partial charge is 0.466 e. The smallest absolute Gasteiger partial charge is 0.432 e. The summed E-state index contributed by atoms with van der Waals surface area (Å²) in [7, 11) is 0. The molecule has 2 rings (SSSR count). The fourth-order valence-electron chi connectivity index (χ4n) is 2.39. The van der Waals surface area contributed by atoms with Crippen LogP contribution in [-0.2, 0) is 22.5 Å². The highest BCUT2D eigenvalue weighted by Gasteiger charge is 2.32. The molecule has 10 heteroatoms. The molecule has 0 fully saturated rings. The summed E-state index contributed by atoms with van der Waals surface area (Å²) in [5.41, 5.74) is 0.277. The van der Waals surface area contributed by atoms with Crippen LogP contribution in [0.25, 0.3) is 0 Å². The monoisotopic (exact) mass is 325 g/mol. The van der Waals surface area contributed by atoms with E-state index in [4.69, 9.17) is 5.11 Å². The molecular formula is C13H15N3O7. The van der Waals surface area contributed by atoms with Gasteiger partial charge < -0.3 is 19.8 Å². The first-order valence-corrected chi connectivity index (χ1v) is 6.85. The van der Waals surface area contributed by atoms with Gasteiger partial charge in [0.05, 0.1) is 18.8 Å². The molecule has 1 aromatic rings. The second-order valence-electron chi connectivity index (χ2n) is 4.83. The predicted octanol–water partition coefficient (Wildman–Crippen LogP) is 0.581. The second kappa shape index (κ2) is 6.46. The molecule has 10 nitrogen and oxygen atoms in total. The number of carbonyl (C=O) groups excluding carboxylic acids is 2. The molecule has 0 saturated heterocycles. The number of esters is 1. The highest BCUT2D eigenvalue weighted by Crippen LogP contribution is 2.24. The molecule has 124 valence electrons. The van der Waals surface area contributed by atoms with E-state index >= 15 is 0 Å². The fourth-order valence-corrected chi connectivity index (χ4v) is 2.39. The molecule has 0 atom stereocenters. The number of Topliss-reactive ketones (excluding diaryl/α,β-unsaturated/α-hetero) is 1. The SMILES string of the molecule is CCOC(=O)CC(=O)c1c2c(nn1C(=O)O)CCN(C(=O)O)C2. The summed E-state index contributed by atoms with van der Waals surface area (Å²) in [5.74, 6) is -1.55. The third-order valence-corrected chi connectivity index (χ3v) is 3.36. The summed E-state index contributed by atoms with van der Waals surface area (Å²) in [6.45, 7) is 1.68. The summed E-state index contributed by atoms with van der Waals surface area (Å²) in [4.78, 5) is 47.1. The maximum atomic E-state index is 12.3. The van der Waals surface area contributed by atoms with Crippen LogP contribution < -0.4 is 0 Å². The minimum absolute atomic E-state index is 0.0925. The number of amides is 1. The lowest BCUT2D eigenvalue weighted by molar-refractivity contribution is -0.141. The van der Waals surface area contributed by atoms with Crippen LogP contribution in [0.15, 0.2) is 0 Å². The van der Waals surface area contributed by atoms with Crippen molar-refractivity contribution in [1.82, 2.24) is 14.7 Å². The van der Waals surface area contributed by atoms with Crippen LogP contribution in [0.3, 0.4) is 0 Å². The van der Waals surface area contributed by atoms with E-state index in [0.717, 1.165) is 4.90 Å². The van der Waals surface area contributed by atoms with E-state index < -0.39 is 30.4 Å². The summed E-state index contributed by atoms with van der Waals surface area (Å²) < 4.78 is 5.17. The Morgan fingerprint density at radius 1 is 1.22 bits per heavy atom. The molecule has 0 aromatic carbocycles. The zero-order chi connectivity index (χ0) is 17.1. The molecule has 1 aromatic heterocycles. The number of rotatable bonds is 4. The minimum Gasteiger partial charge on any atom is -0.466 e. The van der Waals surface area contributed by atoms with Gasteiger partial charge in [-0.15, -0.1) is 0 Å². The third-order valence-electron chi connectivity index (χ3n) is 3.36. The summed E-state index contributed by atoms with van der Waals surface area (Å²) in [6.07, 6.45) is -3.09. The average molecular weight is 325 g/mol. The van der Waals surface area contributed by atoms with Gasteiger partial charge in [-0.25, -0.2) is 9.59 Å². The minimum atomic E-state index is -1.48. The first-order valence-electron chi connectivity index (χ1n) is 6.85. The van der Waals surface area contributed by atoms with E-state index in [9.17, 15) is 24.3 Å². The molecule has 23 heavy (non-hydrogen) atoms. The lowest BCUT2D eigenvalue weighted by atomic mass is 10.0. The molecule has 0 bridgehead atoms. The Morgan fingerprint density at radius 2 is 1.91 bits per heavy atom. The Hall–Kier alpha value is -2.91. The maximum Gasteiger partial charge on any atom is 0.432 e. The Morgan fingerprint density at radius 3 is 2.48 bits per heavy atom. The van der Waals surface area contributed by atoms with Crippen molar-refractivity contribution in [3.63, 3.8) is 0 Å². The van der Waals surface area contributed by atoms with E-state index in [0.29, 0.717) is 10.4 Å². The van der Waals surface area contributed by atoms with Gasteiger partial charge in [-0.05, 0) is 6.92 Å². The first-order chi connectivity index (χ1) is 10.8. The lowest BCUT2D eigenvalue weighted by Gasteiger charge is -2.23. The number of fused-ring (bicyclic) bond motifs is 1. The number of hydrogen-bond donors (Lipinski definition) is 2. The quantitative estimate of drug-likeness (QED) is 0.465. The van der Waals surface area contributed by atoms with Gasteiger partial charge in [-0.2, -0.15) is 9.78 Å². The lowest BCUT2D eigenvalue weighted by Crippen LogP contribution is -2.35. The number of aromatic nitrogens is 2. The molecule has 2 N–H and O–H groups in total. The van der Waals surface area contributed by atoms with Gasteiger partial charge in [0.2, 0.25) is 0 Å². The van der Waals surface area contributed by atoms with Crippen molar-refractivity contribution in [2.45, 2.75) is 26.3 Å². The van der Waals surface area contributed by atoms with Crippen LogP contribution in [0, 0.1) is 0 Å². The molecule has 2 heterocycles. The average Bonchev–Trinajstić information content (AvgIpc) is 2.85. The number of carbonyl (C=O) groups is 4. The van der Waals surface area contributed by atoms with Crippen molar-refractivity contribution in [2.75, 3.05) is 13.2 Å². The van der Waals surface area contributed by atoms with Crippen LogP contribution in [0.4, 0.5) is 9.59 Å². The summed E-state index contributed by atoms with van der Waals surface area (Å²) in [5, 5.41) is 22.1. The Kier molecular flexibility index (Phi) is 4.63. The highest BCUT2D eigenvalue weighted by molar-refractivity contribution is 6.07. The van der Waals surface area contributed by atoms with Crippen molar-refractivity contribution in [3.8, 4) is 0 Å². The van der Waals surface area contributed by atoms with Crippen LogP contribution in [0.2, 0.25) is 0 Å². The van der Waals surface area contributed by atoms with Gasteiger partial charge in [0.15, 0.2) is 5.78 Å². The number of nitrogens with zero attached hydrogens (tertiary/aromatic N) is 3. The van der Waals surface area contributed by atoms with Gasteiger partial charge in [-0.1, -0.05) is 0 Å². The summed E-state index contributed by atoms with van der Waals surface area (Å²) >= 11 is 0. The first kappa shape index (κ1) is 16.5. The molecule has 0 spiro atoms. The number of hydrogen-bond acceptors (Lipinski definition) is 6. The third kappa shape index (κ3) is 3.30. The standard InChI is InChI=1S/C13H15N3O7/c1-2-23-10(18)5-9(17)11-7-6-15(12(19)20)4-3-8(7)14-16(11)13(21)22/h2-6H2,1H3,(H,19,20)(H,21,22). The van der Waals surface area contributed by atoms with Crippen molar-refractivity contribution in [1.29, 1.82) is 0 Å². The fraction of sp³-hybridized carbons (Fsp3) is 0.462. The van der Waals surface area contributed by atoms with Crippen molar-refractivity contribution in [2.24, 2.45) is 0 Å². The highest BCUT2D eigenvalue weighted by atomic mass is 16.5. The molecule has 0 unspecified atom stereocenters. The van der Waals surface area contributed by atoms with E-state index in [1.54, 1.807) is 6.92 Å². The normalized spacial score (nSPS) is 13.3. The van der Waals surface area contributed by atoms with E-state index in [2.05, 4.69) is 9.84 Å².